The van der Waals surface area contributed by atoms with Gasteiger partial charge in [-0.2, -0.15) is 5.26 Å². The fraction of sp³-hybridized carbons (Fsp3) is 0.647. The molecule has 0 saturated heterocycles. The molecule has 4 fully saturated rings. The maximum absolute atomic E-state index is 8.80. The molecule has 1 N–H and O–H groups in total. The Labute approximate surface area is 120 Å². The van der Waals surface area contributed by atoms with Crippen molar-refractivity contribution in [2.45, 2.75) is 38.5 Å². The number of hydrogen-bond donors (Lipinski definition) is 1. The van der Waals surface area contributed by atoms with Crippen molar-refractivity contribution >= 4 is 5.82 Å². The number of anilines is 1. The number of nitrogens with one attached hydrogen (secondary N) is 1. The van der Waals surface area contributed by atoms with Crippen LogP contribution in [-0.4, -0.2) is 11.5 Å². The minimum absolute atomic E-state index is 0.532. The van der Waals surface area contributed by atoms with E-state index in [0.29, 0.717) is 11.0 Å². The largest absolute Gasteiger partial charge is 0.370 e. The molecule has 0 radical (unpaired) electrons. The lowest BCUT2D eigenvalue weighted by atomic mass is 9.49. The third kappa shape index (κ3) is 2.08. The molecule has 4 aliphatic rings. The molecule has 1 heterocycles. The summed E-state index contributed by atoms with van der Waals surface area (Å²) in [5, 5.41) is 12.3. The Morgan fingerprint density at radius 1 is 1.15 bits per heavy atom. The SMILES string of the molecule is N#Cc1ccc(NCC23CC4CC(CC(C4)C2)C3)nc1. The Balaban J connectivity index is 1.45. The fourth-order valence-electron chi connectivity index (χ4n) is 5.35. The Morgan fingerprint density at radius 3 is 2.30 bits per heavy atom. The lowest BCUT2D eigenvalue weighted by molar-refractivity contribution is -0.0444. The first-order valence-corrected chi connectivity index (χ1v) is 7.85. The standard InChI is InChI=1S/C17H21N3/c18-9-12-1-2-16(19-10-12)20-11-17-6-13-3-14(7-17)5-15(4-13)8-17/h1-2,10,13-15H,3-8,11H2,(H,19,20). The molecule has 3 heteroatoms. The van der Waals surface area contributed by atoms with Crippen LogP contribution in [0, 0.1) is 34.5 Å². The predicted octanol–water partition coefficient (Wildman–Crippen LogP) is 3.58. The van der Waals surface area contributed by atoms with E-state index in [4.69, 9.17) is 5.26 Å². The summed E-state index contributed by atoms with van der Waals surface area (Å²) in [4.78, 5) is 4.33. The van der Waals surface area contributed by atoms with Crippen molar-refractivity contribution in [1.29, 1.82) is 5.26 Å². The molecule has 104 valence electrons. The monoisotopic (exact) mass is 267 g/mol. The van der Waals surface area contributed by atoms with Crippen molar-refractivity contribution in [1.82, 2.24) is 4.98 Å². The van der Waals surface area contributed by atoms with Gasteiger partial charge in [0.05, 0.1) is 5.56 Å². The summed E-state index contributed by atoms with van der Waals surface area (Å²) in [6.45, 7) is 1.06. The number of aromatic nitrogens is 1. The zero-order valence-corrected chi connectivity index (χ0v) is 11.8. The van der Waals surface area contributed by atoms with E-state index in [9.17, 15) is 0 Å². The molecule has 3 nitrogen and oxygen atoms in total. The van der Waals surface area contributed by atoms with Gasteiger partial charge in [-0.3, -0.25) is 0 Å². The Kier molecular flexibility index (Phi) is 2.73. The molecule has 0 aromatic carbocycles. The van der Waals surface area contributed by atoms with Crippen molar-refractivity contribution in [2.24, 2.45) is 23.2 Å². The highest BCUT2D eigenvalue weighted by molar-refractivity contribution is 5.39. The molecule has 20 heavy (non-hydrogen) atoms. The van der Waals surface area contributed by atoms with Gasteiger partial charge in [0.1, 0.15) is 11.9 Å². The van der Waals surface area contributed by atoms with Crippen LogP contribution in [0.1, 0.15) is 44.1 Å². The Morgan fingerprint density at radius 2 is 1.80 bits per heavy atom. The van der Waals surface area contributed by atoms with Crippen LogP contribution in [-0.2, 0) is 0 Å². The first kappa shape index (κ1) is 12.2. The molecule has 0 spiro atoms. The van der Waals surface area contributed by atoms with Gasteiger partial charge >= 0.3 is 0 Å². The third-order valence-corrected chi connectivity index (χ3v) is 5.70. The molecular formula is C17H21N3. The van der Waals surface area contributed by atoms with Gasteiger partial charge in [0, 0.05) is 12.7 Å². The van der Waals surface area contributed by atoms with Crippen LogP contribution in [0.5, 0.6) is 0 Å². The second kappa shape index (κ2) is 4.48. The molecule has 4 bridgehead atoms. The topological polar surface area (TPSA) is 48.7 Å². The molecule has 0 atom stereocenters. The Bertz CT molecular complexity index is 505. The predicted molar refractivity (Wildman–Crippen MR) is 78.0 cm³/mol. The van der Waals surface area contributed by atoms with E-state index in [1.807, 2.05) is 12.1 Å². The first-order valence-electron chi connectivity index (χ1n) is 7.85. The molecular weight excluding hydrogens is 246 g/mol. The summed E-state index contributed by atoms with van der Waals surface area (Å²) in [6, 6.07) is 5.89. The summed E-state index contributed by atoms with van der Waals surface area (Å²) in [6.07, 6.45) is 10.4. The van der Waals surface area contributed by atoms with Crippen LogP contribution < -0.4 is 5.32 Å². The highest BCUT2D eigenvalue weighted by atomic mass is 15.0. The van der Waals surface area contributed by atoms with Crippen LogP contribution in [0.15, 0.2) is 18.3 Å². The summed E-state index contributed by atoms with van der Waals surface area (Å²) < 4.78 is 0. The number of pyridine rings is 1. The zero-order chi connectivity index (χ0) is 13.6. The van der Waals surface area contributed by atoms with E-state index in [0.717, 1.165) is 30.1 Å². The van der Waals surface area contributed by atoms with Crippen molar-refractivity contribution in [2.75, 3.05) is 11.9 Å². The normalized spacial score (nSPS) is 37.6. The first-order chi connectivity index (χ1) is 9.75. The lowest BCUT2D eigenvalue weighted by Gasteiger charge is -2.57. The molecule has 1 aromatic rings. The fourth-order valence-corrected chi connectivity index (χ4v) is 5.35. The lowest BCUT2D eigenvalue weighted by Crippen LogP contribution is -2.49. The van der Waals surface area contributed by atoms with Gasteiger partial charge in [-0.25, -0.2) is 4.98 Å². The number of nitriles is 1. The Hall–Kier alpha value is -1.56. The van der Waals surface area contributed by atoms with E-state index in [1.165, 1.54) is 38.5 Å². The van der Waals surface area contributed by atoms with Crippen molar-refractivity contribution in [3.8, 4) is 6.07 Å². The summed E-state index contributed by atoms with van der Waals surface area (Å²) in [5.74, 6) is 3.91. The molecule has 4 aliphatic carbocycles. The highest BCUT2D eigenvalue weighted by Gasteiger charge is 2.50. The van der Waals surface area contributed by atoms with Crippen molar-refractivity contribution in [3.05, 3.63) is 23.9 Å². The van der Waals surface area contributed by atoms with Crippen LogP contribution >= 0.6 is 0 Å². The average Bonchev–Trinajstić information content (AvgIpc) is 2.44. The van der Waals surface area contributed by atoms with Gasteiger partial charge in [0.15, 0.2) is 0 Å². The summed E-state index contributed by atoms with van der Waals surface area (Å²) in [7, 11) is 0. The minimum Gasteiger partial charge on any atom is -0.370 e. The van der Waals surface area contributed by atoms with Gasteiger partial charge < -0.3 is 5.32 Å². The zero-order valence-electron chi connectivity index (χ0n) is 11.8. The van der Waals surface area contributed by atoms with Crippen LogP contribution in [0.25, 0.3) is 0 Å². The second-order valence-corrected chi connectivity index (χ2v) is 7.32. The molecule has 0 unspecified atom stereocenters. The van der Waals surface area contributed by atoms with E-state index in [1.54, 1.807) is 6.20 Å². The number of nitrogens with zero attached hydrogens (tertiary/aromatic N) is 2. The molecule has 1 aromatic heterocycles. The molecule has 5 rings (SSSR count). The van der Waals surface area contributed by atoms with Gasteiger partial charge in [0.25, 0.3) is 0 Å². The smallest absolute Gasteiger partial charge is 0.125 e. The van der Waals surface area contributed by atoms with Gasteiger partial charge in [-0.05, 0) is 73.8 Å². The second-order valence-electron chi connectivity index (χ2n) is 7.32. The third-order valence-electron chi connectivity index (χ3n) is 5.70. The maximum atomic E-state index is 8.80. The summed E-state index contributed by atoms with van der Waals surface area (Å²) in [5.41, 5.74) is 1.16. The van der Waals surface area contributed by atoms with Crippen molar-refractivity contribution in [3.63, 3.8) is 0 Å². The molecule has 4 saturated carbocycles. The van der Waals surface area contributed by atoms with E-state index >= 15 is 0 Å². The van der Waals surface area contributed by atoms with Crippen molar-refractivity contribution < 1.29 is 0 Å². The van der Waals surface area contributed by atoms with Crippen LogP contribution in [0.3, 0.4) is 0 Å². The van der Waals surface area contributed by atoms with E-state index < -0.39 is 0 Å². The van der Waals surface area contributed by atoms with Crippen LogP contribution in [0.4, 0.5) is 5.82 Å². The maximum Gasteiger partial charge on any atom is 0.125 e. The van der Waals surface area contributed by atoms with Gasteiger partial charge in [0.2, 0.25) is 0 Å². The average molecular weight is 267 g/mol. The van der Waals surface area contributed by atoms with Gasteiger partial charge in [-0.15, -0.1) is 0 Å². The quantitative estimate of drug-likeness (QED) is 0.910. The van der Waals surface area contributed by atoms with Gasteiger partial charge in [-0.1, -0.05) is 0 Å². The number of hydrogen-bond acceptors (Lipinski definition) is 3. The van der Waals surface area contributed by atoms with E-state index in [-0.39, 0.29) is 0 Å². The minimum atomic E-state index is 0.532. The molecule has 0 aliphatic heterocycles. The van der Waals surface area contributed by atoms with E-state index in [2.05, 4.69) is 16.4 Å². The van der Waals surface area contributed by atoms with Crippen LogP contribution in [0.2, 0.25) is 0 Å². The highest BCUT2D eigenvalue weighted by Crippen LogP contribution is 2.59. The molecule has 0 amide bonds. The summed E-state index contributed by atoms with van der Waals surface area (Å²) >= 11 is 0. The number of rotatable bonds is 3.